The molecule has 1 aliphatic rings. The predicted molar refractivity (Wildman–Crippen MR) is 72.1 cm³/mol. The smallest absolute Gasteiger partial charge is 0.364 e. The van der Waals surface area contributed by atoms with E-state index in [9.17, 15) is 9.59 Å². The number of ether oxygens (including phenoxy) is 1. The Morgan fingerprint density at radius 1 is 1.35 bits per heavy atom. The second-order valence-electron chi connectivity index (χ2n) is 4.41. The van der Waals surface area contributed by atoms with Crippen LogP contribution in [0.15, 0.2) is 29.1 Å². The molecule has 0 fully saturated rings. The van der Waals surface area contributed by atoms with Crippen molar-refractivity contribution in [3.05, 3.63) is 40.6 Å². The summed E-state index contributed by atoms with van der Waals surface area (Å²) in [5.41, 5.74) is 0.330. The fourth-order valence-electron chi connectivity index (χ4n) is 2.34. The molecule has 0 atom stereocenters. The topological polar surface area (TPSA) is 69.4 Å². The highest BCUT2D eigenvalue weighted by atomic mass is 16.5. The summed E-state index contributed by atoms with van der Waals surface area (Å²) in [4.78, 5) is 29.5. The van der Waals surface area contributed by atoms with Gasteiger partial charge in [0, 0.05) is 18.3 Å². The van der Waals surface area contributed by atoms with Gasteiger partial charge in [-0.15, -0.1) is 0 Å². The SMILES string of the molecule is CCn1c(=O)nc2n1C(=O)N(c1cccc(OC)c1)C2. The maximum absolute atomic E-state index is 12.4. The van der Waals surface area contributed by atoms with Crippen LogP contribution < -0.4 is 15.3 Å². The number of aromatic nitrogens is 3. The molecule has 7 nitrogen and oxygen atoms in total. The third-order valence-electron chi connectivity index (χ3n) is 3.31. The molecule has 0 radical (unpaired) electrons. The maximum atomic E-state index is 12.4. The molecule has 2 aromatic rings. The van der Waals surface area contributed by atoms with Crippen molar-refractivity contribution in [1.82, 2.24) is 14.3 Å². The van der Waals surface area contributed by atoms with Crippen molar-refractivity contribution in [1.29, 1.82) is 0 Å². The van der Waals surface area contributed by atoms with Crippen LogP contribution in [0.3, 0.4) is 0 Å². The minimum atomic E-state index is -0.388. The van der Waals surface area contributed by atoms with E-state index in [0.29, 0.717) is 18.1 Å². The van der Waals surface area contributed by atoms with Crippen molar-refractivity contribution in [3.8, 4) is 5.75 Å². The molecule has 0 aliphatic carbocycles. The number of amides is 1. The zero-order chi connectivity index (χ0) is 14.3. The number of hydrogen-bond donors (Lipinski definition) is 0. The molecule has 1 aromatic heterocycles. The standard InChI is InChI=1S/C13H14N4O3/c1-3-16-12(18)14-11-8-15(13(19)17(11)16)9-5-4-6-10(7-9)20-2/h4-7H,3,8H2,1-2H3. The van der Waals surface area contributed by atoms with Gasteiger partial charge in [0.15, 0.2) is 5.82 Å². The van der Waals surface area contributed by atoms with Gasteiger partial charge in [-0.3, -0.25) is 4.90 Å². The molecule has 104 valence electrons. The number of methoxy groups -OCH3 is 1. The van der Waals surface area contributed by atoms with Crippen LogP contribution in [0.5, 0.6) is 5.75 Å². The lowest BCUT2D eigenvalue weighted by Gasteiger charge is -2.16. The summed E-state index contributed by atoms with van der Waals surface area (Å²) in [7, 11) is 1.57. The Hall–Kier alpha value is -2.57. The van der Waals surface area contributed by atoms with Gasteiger partial charge in [-0.05, 0) is 19.1 Å². The van der Waals surface area contributed by atoms with Gasteiger partial charge >= 0.3 is 11.7 Å². The van der Waals surface area contributed by atoms with Crippen LogP contribution in [0.2, 0.25) is 0 Å². The van der Waals surface area contributed by atoms with Crippen LogP contribution in [-0.4, -0.2) is 27.5 Å². The van der Waals surface area contributed by atoms with E-state index in [2.05, 4.69) is 4.98 Å². The number of benzene rings is 1. The van der Waals surface area contributed by atoms with E-state index in [0.717, 1.165) is 5.69 Å². The molecular weight excluding hydrogens is 260 g/mol. The largest absolute Gasteiger partial charge is 0.497 e. The molecule has 0 N–H and O–H groups in total. The van der Waals surface area contributed by atoms with Crippen LogP contribution in [0.1, 0.15) is 12.7 Å². The first-order chi connectivity index (χ1) is 9.65. The number of carbonyl (C=O) groups excluding carboxylic acids is 1. The van der Waals surface area contributed by atoms with Gasteiger partial charge in [-0.25, -0.2) is 14.3 Å². The van der Waals surface area contributed by atoms with E-state index in [4.69, 9.17) is 4.74 Å². The van der Waals surface area contributed by atoms with Gasteiger partial charge in [0.2, 0.25) is 0 Å². The summed E-state index contributed by atoms with van der Waals surface area (Å²) in [6.45, 7) is 2.50. The third-order valence-corrected chi connectivity index (χ3v) is 3.31. The number of rotatable bonds is 3. The lowest BCUT2D eigenvalue weighted by molar-refractivity contribution is 0.244. The molecule has 1 aromatic carbocycles. The summed E-state index contributed by atoms with van der Waals surface area (Å²) in [6, 6.07) is 6.95. The van der Waals surface area contributed by atoms with Gasteiger partial charge in [0.05, 0.1) is 13.7 Å². The van der Waals surface area contributed by atoms with E-state index < -0.39 is 0 Å². The number of hydrogen-bond acceptors (Lipinski definition) is 4. The minimum Gasteiger partial charge on any atom is -0.497 e. The number of anilines is 1. The fourth-order valence-corrected chi connectivity index (χ4v) is 2.34. The molecule has 20 heavy (non-hydrogen) atoms. The van der Waals surface area contributed by atoms with Gasteiger partial charge in [0.1, 0.15) is 5.75 Å². The summed E-state index contributed by atoms with van der Waals surface area (Å²) >= 11 is 0. The Morgan fingerprint density at radius 2 is 2.15 bits per heavy atom. The van der Waals surface area contributed by atoms with Gasteiger partial charge in [0.25, 0.3) is 0 Å². The Balaban J connectivity index is 2.01. The molecule has 0 spiro atoms. The summed E-state index contributed by atoms with van der Waals surface area (Å²) in [6.07, 6.45) is 0. The average molecular weight is 274 g/mol. The van der Waals surface area contributed by atoms with Crippen molar-refractivity contribution in [2.24, 2.45) is 0 Å². The first kappa shape index (κ1) is 12.5. The highest BCUT2D eigenvalue weighted by Crippen LogP contribution is 2.26. The van der Waals surface area contributed by atoms with Crippen LogP contribution in [0.25, 0.3) is 0 Å². The molecule has 2 heterocycles. The second-order valence-corrected chi connectivity index (χ2v) is 4.41. The molecule has 0 saturated carbocycles. The average Bonchev–Trinajstić information content (AvgIpc) is 2.94. The van der Waals surface area contributed by atoms with E-state index in [1.807, 2.05) is 18.2 Å². The van der Waals surface area contributed by atoms with Gasteiger partial charge in [-0.1, -0.05) is 6.07 Å². The fraction of sp³-hybridized carbons (Fsp3) is 0.308. The number of fused-ring (bicyclic) bond motifs is 1. The van der Waals surface area contributed by atoms with E-state index in [1.165, 1.54) is 9.36 Å². The highest BCUT2D eigenvalue weighted by Gasteiger charge is 2.32. The predicted octanol–water partition coefficient (Wildman–Crippen LogP) is 1.06. The van der Waals surface area contributed by atoms with Crippen LogP contribution >= 0.6 is 0 Å². The quantitative estimate of drug-likeness (QED) is 0.839. The van der Waals surface area contributed by atoms with E-state index in [-0.39, 0.29) is 18.3 Å². The Morgan fingerprint density at radius 3 is 2.85 bits per heavy atom. The zero-order valence-electron chi connectivity index (χ0n) is 11.2. The lowest BCUT2D eigenvalue weighted by Crippen LogP contribution is -2.33. The van der Waals surface area contributed by atoms with Crippen molar-refractivity contribution in [2.75, 3.05) is 12.0 Å². The minimum absolute atomic E-state index is 0.273. The zero-order valence-corrected chi connectivity index (χ0v) is 11.2. The monoisotopic (exact) mass is 274 g/mol. The van der Waals surface area contributed by atoms with Crippen LogP contribution in [0, 0.1) is 0 Å². The molecule has 0 saturated heterocycles. The van der Waals surface area contributed by atoms with Crippen molar-refractivity contribution >= 4 is 11.7 Å². The second kappa shape index (κ2) is 4.52. The van der Waals surface area contributed by atoms with Crippen LogP contribution in [0.4, 0.5) is 10.5 Å². The third kappa shape index (κ3) is 1.70. The number of carbonyl (C=O) groups is 1. The van der Waals surface area contributed by atoms with E-state index in [1.54, 1.807) is 25.0 Å². The molecule has 0 bridgehead atoms. The lowest BCUT2D eigenvalue weighted by atomic mass is 10.3. The molecule has 1 amide bonds. The summed E-state index contributed by atoms with van der Waals surface area (Å²) in [5.74, 6) is 1.14. The molecule has 7 heteroatoms. The highest BCUT2D eigenvalue weighted by molar-refractivity contribution is 5.95. The Bertz CT molecular complexity index is 731. The van der Waals surface area contributed by atoms with E-state index >= 15 is 0 Å². The van der Waals surface area contributed by atoms with Crippen molar-refractivity contribution in [2.45, 2.75) is 20.0 Å². The maximum Gasteiger partial charge on any atom is 0.364 e. The van der Waals surface area contributed by atoms with Crippen molar-refractivity contribution in [3.63, 3.8) is 0 Å². The summed E-state index contributed by atoms with van der Waals surface area (Å²) < 4.78 is 7.82. The Labute approximate surface area is 115 Å². The van der Waals surface area contributed by atoms with Crippen LogP contribution in [-0.2, 0) is 13.1 Å². The Kier molecular flexibility index (Phi) is 2.81. The van der Waals surface area contributed by atoms with Crippen molar-refractivity contribution < 1.29 is 9.53 Å². The van der Waals surface area contributed by atoms with Gasteiger partial charge < -0.3 is 4.74 Å². The molecule has 0 unspecified atom stereocenters. The normalized spacial score (nSPS) is 13.7. The molecule has 3 rings (SSSR count). The number of nitrogens with zero attached hydrogens (tertiary/aromatic N) is 4. The molecule has 1 aliphatic heterocycles. The van der Waals surface area contributed by atoms with Gasteiger partial charge in [-0.2, -0.15) is 9.67 Å². The first-order valence-corrected chi connectivity index (χ1v) is 6.30. The summed E-state index contributed by atoms with van der Waals surface area (Å²) in [5, 5.41) is 0. The molecular formula is C13H14N4O3. The first-order valence-electron chi connectivity index (χ1n) is 6.30.